The maximum Gasteiger partial charge on any atom is 0.103 e. The molecule has 0 rings (SSSR count). The first-order chi connectivity index (χ1) is 7.58. The van der Waals surface area contributed by atoms with Gasteiger partial charge in [0.15, 0.2) is 0 Å². The van der Waals surface area contributed by atoms with Crippen LogP contribution in [0.2, 0.25) is 0 Å². The van der Waals surface area contributed by atoms with Crippen molar-refractivity contribution < 1.29 is 10.2 Å². The summed E-state index contributed by atoms with van der Waals surface area (Å²) in [6.45, 7) is 1.73. The van der Waals surface area contributed by atoms with Crippen LogP contribution in [0.1, 0.15) is 26.2 Å². The minimum atomic E-state index is -0.605. The van der Waals surface area contributed by atoms with Crippen LogP contribution in [0.4, 0.5) is 0 Å². The SMILES string of the molecule is CNC(C)(C#N)CCCCSCC(O)CO. The van der Waals surface area contributed by atoms with Crippen molar-refractivity contribution in [1.29, 1.82) is 5.26 Å². The lowest BCUT2D eigenvalue weighted by atomic mass is 9.97. The fraction of sp³-hybridized carbons (Fsp3) is 0.909. The molecule has 4 nitrogen and oxygen atoms in total. The lowest BCUT2D eigenvalue weighted by Crippen LogP contribution is -2.37. The smallest absolute Gasteiger partial charge is 0.103 e. The standard InChI is InChI=1S/C11H22N2O2S/c1-11(9-12,13-2)5-3-4-6-16-8-10(15)7-14/h10,13-15H,3-8H2,1-2H3. The summed E-state index contributed by atoms with van der Waals surface area (Å²) in [5, 5.41) is 29.6. The zero-order valence-corrected chi connectivity index (χ0v) is 10.9. The minimum Gasteiger partial charge on any atom is -0.394 e. The van der Waals surface area contributed by atoms with Gasteiger partial charge in [0, 0.05) is 5.75 Å². The summed E-state index contributed by atoms with van der Waals surface area (Å²) in [5.74, 6) is 1.54. The van der Waals surface area contributed by atoms with Crippen molar-refractivity contribution in [2.45, 2.75) is 37.8 Å². The number of rotatable bonds is 9. The quantitative estimate of drug-likeness (QED) is 0.523. The Morgan fingerprint density at radius 3 is 2.69 bits per heavy atom. The average molecular weight is 246 g/mol. The first kappa shape index (κ1) is 15.7. The van der Waals surface area contributed by atoms with Gasteiger partial charge in [-0.3, -0.25) is 0 Å². The van der Waals surface area contributed by atoms with Crippen LogP contribution in [0.5, 0.6) is 0 Å². The summed E-state index contributed by atoms with van der Waals surface area (Å²) in [6.07, 6.45) is 2.25. The molecule has 0 aliphatic rings. The van der Waals surface area contributed by atoms with E-state index in [2.05, 4.69) is 11.4 Å². The molecular weight excluding hydrogens is 224 g/mol. The Morgan fingerprint density at radius 2 is 2.19 bits per heavy atom. The molecule has 2 atom stereocenters. The Balaban J connectivity index is 3.44. The summed E-state index contributed by atoms with van der Waals surface area (Å²) in [4.78, 5) is 0. The average Bonchev–Trinajstić information content (AvgIpc) is 2.32. The summed E-state index contributed by atoms with van der Waals surface area (Å²) >= 11 is 1.64. The second-order valence-electron chi connectivity index (χ2n) is 4.06. The molecule has 0 heterocycles. The predicted molar refractivity (Wildman–Crippen MR) is 67.3 cm³/mol. The van der Waals surface area contributed by atoms with Crippen LogP contribution in [0.15, 0.2) is 0 Å². The Morgan fingerprint density at radius 1 is 1.50 bits per heavy atom. The number of nitriles is 1. The summed E-state index contributed by atoms with van der Waals surface area (Å²) in [7, 11) is 1.80. The van der Waals surface area contributed by atoms with E-state index < -0.39 is 11.6 Å². The highest BCUT2D eigenvalue weighted by Crippen LogP contribution is 2.14. The third-order valence-corrected chi connectivity index (χ3v) is 3.73. The Labute approximate surface area is 102 Å². The van der Waals surface area contributed by atoms with Gasteiger partial charge in [0.25, 0.3) is 0 Å². The lowest BCUT2D eigenvalue weighted by Gasteiger charge is -2.20. The molecule has 0 aliphatic carbocycles. The van der Waals surface area contributed by atoms with Gasteiger partial charge in [0.2, 0.25) is 0 Å². The maximum absolute atomic E-state index is 9.10. The van der Waals surface area contributed by atoms with Crippen LogP contribution in [0, 0.1) is 11.3 Å². The van der Waals surface area contributed by atoms with E-state index in [-0.39, 0.29) is 6.61 Å². The molecule has 0 aromatic carbocycles. The molecule has 94 valence electrons. The van der Waals surface area contributed by atoms with Crippen LogP contribution >= 0.6 is 11.8 Å². The molecule has 0 bridgehead atoms. The molecule has 0 aromatic rings. The molecule has 0 radical (unpaired) electrons. The van der Waals surface area contributed by atoms with E-state index in [9.17, 15) is 0 Å². The lowest BCUT2D eigenvalue weighted by molar-refractivity contribution is 0.113. The number of nitrogens with one attached hydrogen (secondary N) is 1. The van der Waals surface area contributed by atoms with Gasteiger partial charge in [0.1, 0.15) is 5.54 Å². The minimum absolute atomic E-state index is 0.167. The van der Waals surface area contributed by atoms with E-state index in [1.807, 2.05) is 6.92 Å². The molecule has 0 amide bonds. The molecule has 2 unspecified atom stereocenters. The molecule has 0 saturated carbocycles. The van der Waals surface area contributed by atoms with Gasteiger partial charge in [-0.1, -0.05) is 0 Å². The molecule has 5 heteroatoms. The van der Waals surface area contributed by atoms with Crippen molar-refractivity contribution in [3.8, 4) is 6.07 Å². The summed E-state index contributed by atoms with van der Waals surface area (Å²) < 4.78 is 0. The number of hydrogen-bond acceptors (Lipinski definition) is 5. The summed E-state index contributed by atoms with van der Waals surface area (Å²) in [6, 6.07) is 2.26. The first-order valence-corrected chi connectivity index (χ1v) is 6.70. The van der Waals surface area contributed by atoms with E-state index >= 15 is 0 Å². The number of aliphatic hydroxyl groups excluding tert-OH is 2. The second kappa shape index (κ2) is 8.82. The Kier molecular flexibility index (Phi) is 8.67. The number of hydrogen-bond donors (Lipinski definition) is 3. The molecule has 16 heavy (non-hydrogen) atoms. The zero-order chi connectivity index (χ0) is 12.4. The van der Waals surface area contributed by atoms with Crippen LogP contribution in [-0.2, 0) is 0 Å². The molecule has 0 spiro atoms. The fourth-order valence-electron chi connectivity index (χ4n) is 1.19. The second-order valence-corrected chi connectivity index (χ2v) is 5.21. The van der Waals surface area contributed by atoms with Crippen LogP contribution < -0.4 is 5.32 Å². The van der Waals surface area contributed by atoms with Gasteiger partial charge >= 0.3 is 0 Å². The molecule has 0 aromatic heterocycles. The van der Waals surface area contributed by atoms with Gasteiger partial charge in [-0.05, 0) is 39.0 Å². The maximum atomic E-state index is 9.10. The van der Waals surface area contributed by atoms with Crippen LogP contribution in [0.25, 0.3) is 0 Å². The number of aliphatic hydroxyl groups is 2. The van der Waals surface area contributed by atoms with Crippen LogP contribution in [0.3, 0.4) is 0 Å². The van der Waals surface area contributed by atoms with Crippen molar-refractivity contribution in [2.24, 2.45) is 0 Å². The molecule has 0 fully saturated rings. The van der Waals surface area contributed by atoms with E-state index in [1.165, 1.54) is 0 Å². The molecule has 3 N–H and O–H groups in total. The van der Waals surface area contributed by atoms with E-state index in [0.29, 0.717) is 5.75 Å². The summed E-state index contributed by atoms with van der Waals surface area (Å²) in [5.41, 5.74) is -0.421. The highest BCUT2D eigenvalue weighted by atomic mass is 32.2. The molecule has 0 aliphatic heterocycles. The molecular formula is C11H22N2O2S. The Hall–Kier alpha value is -0.280. The van der Waals surface area contributed by atoms with E-state index in [4.69, 9.17) is 15.5 Å². The van der Waals surface area contributed by atoms with Gasteiger partial charge in [-0.2, -0.15) is 17.0 Å². The Bertz CT molecular complexity index is 221. The number of thioether (sulfide) groups is 1. The fourth-order valence-corrected chi connectivity index (χ4v) is 2.14. The van der Waals surface area contributed by atoms with Gasteiger partial charge in [-0.25, -0.2) is 0 Å². The largest absolute Gasteiger partial charge is 0.394 e. The van der Waals surface area contributed by atoms with Crippen molar-refractivity contribution in [2.75, 3.05) is 25.2 Å². The topological polar surface area (TPSA) is 76.3 Å². The third-order valence-electron chi connectivity index (χ3n) is 2.53. The highest BCUT2D eigenvalue weighted by Gasteiger charge is 2.19. The zero-order valence-electron chi connectivity index (χ0n) is 10.1. The van der Waals surface area contributed by atoms with Gasteiger partial charge in [0.05, 0.1) is 18.8 Å². The van der Waals surface area contributed by atoms with Crippen molar-refractivity contribution in [1.82, 2.24) is 5.32 Å². The van der Waals surface area contributed by atoms with Crippen LogP contribution in [-0.4, -0.2) is 47.0 Å². The van der Waals surface area contributed by atoms with Crippen molar-refractivity contribution >= 4 is 11.8 Å². The van der Waals surface area contributed by atoms with E-state index in [1.54, 1.807) is 18.8 Å². The van der Waals surface area contributed by atoms with Crippen molar-refractivity contribution in [3.63, 3.8) is 0 Å². The number of unbranched alkanes of at least 4 members (excludes halogenated alkanes) is 1. The van der Waals surface area contributed by atoms with E-state index in [0.717, 1.165) is 25.0 Å². The highest BCUT2D eigenvalue weighted by molar-refractivity contribution is 7.99. The normalized spacial score (nSPS) is 16.4. The van der Waals surface area contributed by atoms with Crippen molar-refractivity contribution in [3.05, 3.63) is 0 Å². The molecule has 0 saturated heterocycles. The number of nitrogens with zero attached hydrogens (tertiary/aromatic N) is 1. The van der Waals surface area contributed by atoms with Gasteiger partial charge < -0.3 is 15.5 Å². The first-order valence-electron chi connectivity index (χ1n) is 5.55. The van der Waals surface area contributed by atoms with Gasteiger partial charge in [-0.15, -0.1) is 0 Å². The predicted octanol–water partition coefficient (Wildman–Crippen LogP) is 0.745. The third kappa shape index (κ3) is 7.07. The monoisotopic (exact) mass is 246 g/mol.